The first kappa shape index (κ1) is 10.3. The summed E-state index contributed by atoms with van der Waals surface area (Å²) in [6.45, 7) is 2.08. The lowest BCUT2D eigenvalue weighted by atomic mass is 10.2. The molecule has 1 saturated carbocycles. The number of nitrogen functional groups attached to an aromatic ring is 1. The number of anilines is 1. The molecule has 1 fully saturated rings. The first-order valence-corrected chi connectivity index (χ1v) is 5.74. The van der Waals surface area contributed by atoms with Crippen LogP contribution in [0.4, 0.5) is 5.69 Å². The van der Waals surface area contributed by atoms with Crippen molar-refractivity contribution in [1.29, 1.82) is 0 Å². The van der Waals surface area contributed by atoms with Gasteiger partial charge in [0.05, 0.1) is 5.69 Å². The molecule has 2 rings (SSSR count). The zero-order valence-corrected chi connectivity index (χ0v) is 9.20. The highest BCUT2D eigenvalue weighted by molar-refractivity contribution is 5.36. The minimum Gasteiger partial charge on any atom is -0.394 e. The Morgan fingerprint density at radius 2 is 2.07 bits per heavy atom. The van der Waals surface area contributed by atoms with E-state index in [0.717, 1.165) is 25.0 Å². The highest BCUT2D eigenvalue weighted by atomic mass is 16.1. The van der Waals surface area contributed by atoms with E-state index in [1.807, 2.05) is 10.6 Å². The van der Waals surface area contributed by atoms with Crippen LogP contribution in [0.3, 0.4) is 0 Å². The fourth-order valence-corrected chi connectivity index (χ4v) is 2.46. The topological polar surface area (TPSA) is 48.0 Å². The van der Waals surface area contributed by atoms with E-state index < -0.39 is 0 Å². The lowest BCUT2D eigenvalue weighted by Crippen LogP contribution is -2.28. The molecule has 0 radical (unpaired) electrons. The van der Waals surface area contributed by atoms with Crippen molar-refractivity contribution in [3.8, 4) is 0 Å². The molecule has 2 N–H and O–H groups in total. The summed E-state index contributed by atoms with van der Waals surface area (Å²) in [6.07, 6.45) is 5.60. The molecule has 0 amide bonds. The quantitative estimate of drug-likeness (QED) is 0.805. The zero-order chi connectivity index (χ0) is 10.8. The van der Waals surface area contributed by atoms with Crippen molar-refractivity contribution in [2.75, 3.05) is 5.73 Å². The minimum atomic E-state index is 0.00116. The van der Waals surface area contributed by atoms with Gasteiger partial charge in [0.15, 0.2) is 0 Å². The number of nitrogens with two attached hydrogens (primary N) is 1. The van der Waals surface area contributed by atoms with Gasteiger partial charge in [0.25, 0.3) is 5.56 Å². The predicted molar refractivity (Wildman–Crippen MR) is 62.0 cm³/mol. The molecular formula is C12H18N2O. The standard InChI is InChI=1S/C12H18N2O/c1-2-9-7-8-11(13)12(15)14(9)10-5-3-4-6-10/h7-8,10H,2-6,13H2,1H3. The van der Waals surface area contributed by atoms with Crippen molar-refractivity contribution in [3.05, 3.63) is 28.2 Å². The van der Waals surface area contributed by atoms with Gasteiger partial charge in [-0.05, 0) is 31.4 Å². The van der Waals surface area contributed by atoms with Gasteiger partial charge in [0.2, 0.25) is 0 Å². The fourth-order valence-electron chi connectivity index (χ4n) is 2.46. The van der Waals surface area contributed by atoms with Crippen LogP contribution in [0, 0.1) is 0 Å². The van der Waals surface area contributed by atoms with Gasteiger partial charge in [-0.2, -0.15) is 0 Å². The number of aryl methyl sites for hydroxylation is 1. The molecule has 1 aromatic heterocycles. The molecule has 0 bridgehead atoms. The summed E-state index contributed by atoms with van der Waals surface area (Å²) in [7, 11) is 0. The van der Waals surface area contributed by atoms with Crippen LogP contribution >= 0.6 is 0 Å². The Balaban J connectivity index is 2.50. The lowest BCUT2D eigenvalue weighted by Gasteiger charge is -2.18. The highest BCUT2D eigenvalue weighted by Crippen LogP contribution is 2.29. The van der Waals surface area contributed by atoms with E-state index in [2.05, 4.69) is 6.92 Å². The van der Waals surface area contributed by atoms with Crippen molar-refractivity contribution in [3.63, 3.8) is 0 Å². The van der Waals surface area contributed by atoms with Crippen LogP contribution in [0.2, 0.25) is 0 Å². The van der Waals surface area contributed by atoms with Crippen molar-refractivity contribution in [2.24, 2.45) is 0 Å². The Morgan fingerprint density at radius 1 is 1.40 bits per heavy atom. The second-order valence-electron chi connectivity index (χ2n) is 4.25. The number of hydrogen-bond acceptors (Lipinski definition) is 2. The molecule has 3 heteroatoms. The van der Waals surface area contributed by atoms with Gasteiger partial charge in [-0.25, -0.2) is 0 Å². The van der Waals surface area contributed by atoms with E-state index in [-0.39, 0.29) is 5.56 Å². The molecule has 0 atom stereocenters. The Labute approximate surface area is 89.9 Å². The van der Waals surface area contributed by atoms with Crippen molar-refractivity contribution < 1.29 is 0 Å². The molecular weight excluding hydrogens is 188 g/mol. The molecule has 1 aromatic rings. The molecule has 1 aliphatic carbocycles. The number of aromatic nitrogens is 1. The first-order chi connectivity index (χ1) is 7.24. The monoisotopic (exact) mass is 206 g/mol. The number of hydrogen-bond donors (Lipinski definition) is 1. The van der Waals surface area contributed by atoms with Crippen LogP contribution in [0.15, 0.2) is 16.9 Å². The molecule has 3 nitrogen and oxygen atoms in total. The van der Waals surface area contributed by atoms with Gasteiger partial charge in [-0.15, -0.1) is 0 Å². The molecule has 15 heavy (non-hydrogen) atoms. The van der Waals surface area contributed by atoms with E-state index in [0.29, 0.717) is 11.7 Å². The average Bonchev–Trinajstić information content (AvgIpc) is 2.75. The van der Waals surface area contributed by atoms with Gasteiger partial charge in [0, 0.05) is 11.7 Å². The smallest absolute Gasteiger partial charge is 0.274 e. The molecule has 0 spiro atoms. The maximum Gasteiger partial charge on any atom is 0.274 e. The Morgan fingerprint density at radius 3 is 2.67 bits per heavy atom. The number of nitrogens with zero attached hydrogens (tertiary/aromatic N) is 1. The average molecular weight is 206 g/mol. The van der Waals surface area contributed by atoms with E-state index >= 15 is 0 Å². The van der Waals surface area contributed by atoms with Crippen LogP contribution in [0.5, 0.6) is 0 Å². The van der Waals surface area contributed by atoms with Crippen molar-refractivity contribution in [2.45, 2.75) is 45.1 Å². The van der Waals surface area contributed by atoms with Crippen LogP contribution in [-0.4, -0.2) is 4.57 Å². The zero-order valence-electron chi connectivity index (χ0n) is 9.20. The summed E-state index contributed by atoms with van der Waals surface area (Å²) in [5.74, 6) is 0. The van der Waals surface area contributed by atoms with Crippen molar-refractivity contribution in [1.82, 2.24) is 4.57 Å². The fraction of sp³-hybridized carbons (Fsp3) is 0.583. The summed E-state index contributed by atoms with van der Waals surface area (Å²) in [4.78, 5) is 12.0. The van der Waals surface area contributed by atoms with Gasteiger partial charge < -0.3 is 10.3 Å². The largest absolute Gasteiger partial charge is 0.394 e. The molecule has 0 saturated heterocycles. The molecule has 0 unspecified atom stereocenters. The Kier molecular flexibility index (Phi) is 2.80. The van der Waals surface area contributed by atoms with E-state index in [1.54, 1.807) is 6.07 Å². The maximum absolute atomic E-state index is 12.0. The van der Waals surface area contributed by atoms with Gasteiger partial charge in [-0.1, -0.05) is 19.8 Å². The summed E-state index contributed by atoms with van der Waals surface area (Å²) >= 11 is 0. The van der Waals surface area contributed by atoms with Crippen LogP contribution < -0.4 is 11.3 Å². The van der Waals surface area contributed by atoms with Crippen LogP contribution in [0.25, 0.3) is 0 Å². The third-order valence-electron chi connectivity index (χ3n) is 3.28. The van der Waals surface area contributed by atoms with E-state index in [9.17, 15) is 4.79 Å². The normalized spacial score (nSPS) is 17.1. The molecule has 0 aliphatic heterocycles. The molecule has 1 heterocycles. The van der Waals surface area contributed by atoms with Crippen LogP contribution in [0.1, 0.15) is 44.3 Å². The summed E-state index contributed by atoms with van der Waals surface area (Å²) in [5, 5.41) is 0. The Bertz CT molecular complexity index is 403. The highest BCUT2D eigenvalue weighted by Gasteiger charge is 2.20. The number of rotatable bonds is 2. The minimum absolute atomic E-state index is 0.00116. The first-order valence-electron chi connectivity index (χ1n) is 5.74. The van der Waals surface area contributed by atoms with Gasteiger partial charge in [0.1, 0.15) is 0 Å². The second kappa shape index (κ2) is 4.09. The van der Waals surface area contributed by atoms with E-state index in [4.69, 9.17) is 5.73 Å². The Hall–Kier alpha value is -1.25. The van der Waals surface area contributed by atoms with E-state index in [1.165, 1.54) is 12.8 Å². The van der Waals surface area contributed by atoms with Gasteiger partial charge >= 0.3 is 0 Å². The van der Waals surface area contributed by atoms with Crippen LogP contribution in [-0.2, 0) is 6.42 Å². The molecule has 82 valence electrons. The third kappa shape index (κ3) is 1.78. The van der Waals surface area contributed by atoms with Gasteiger partial charge in [-0.3, -0.25) is 4.79 Å². The SMILES string of the molecule is CCc1ccc(N)c(=O)n1C1CCCC1. The molecule has 0 aromatic carbocycles. The summed E-state index contributed by atoms with van der Waals surface area (Å²) in [6, 6.07) is 4.10. The summed E-state index contributed by atoms with van der Waals surface area (Å²) in [5.41, 5.74) is 7.17. The number of pyridine rings is 1. The second-order valence-corrected chi connectivity index (χ2v) is 4.25. The lowest BCUT2D eigenvalue weighted by molar-refractivity contribution is 0.486. The predicted octanol–water partition coefficient (Wildman–Crippen LogP) is 2.11. The molecule has 1 aliphatic rings. The summed E-state index contributed by atoms with van der Waals surface area (Å²) < 4.78 is 1.92. The van der Waals surface area contributed by atoms with Crippen molar-refractivity contribution >= 4 is 5.69 Å². The maximum atomic E-state index is 12.0. The third-order valence-corrected chi connectivity index (χ3v) is 3.28.